The molecule has 1 aliphatic heterocycles. The summed E-state index contributed by atoms with van der Waals surface area (Å²) in [4.78, 5) is 14.8. The number of halogens is 3. The van der Waals surface area contributed by atoms with Crippen LogP contribution in [0.1, 0.15) is 23.2 Å². The van der Waals surface area contributed by atoms with Gasteiger partial charge in [-0.3, -0.25) is 4.79 Å². The number of hydrogen-bond acceptors (Lipinski definition) is 5. The zero-order valence-electron chi connectivity index (χ0n) is 16.3. The van der Waals surface area contributed by atoms with Gasteiger partial charge in [-0.05, 0) is 43.2 Å². The van der Waals surface area contributed by atoms with E-state index in [0.717, 1.165) is 31.6 Å². The quantitative estimate of drug-likeness (QED) is 0.616. The summed E-state index contributed by atoms with van der Waals surface area (Å²) in [5, 5.41) is 3.19. The van der Waals surface area contributed by atoms with Gasteiger partial charge >= 0.3 is 0 Å². The zero-order valence-corrected chi connectivity index (χ0v) is 19.4. The lowest BCUT2D eigenvalue weighted by atomic mass is 10.2. The number of morpholine rings is 1. The summed E-state index contributed by atoms with van der Waals surface area (Å²) in [7, 11) is -3.86. The first-order valence-corrected chi connectivity index (χ1v) is 12.3. The topological polar surface area (TPSA) is 87.7 Å². The molecule has 1 saturated carbocycles. The molecule has 1 heterocycles. The Hall–Kier alpha value is -1.55. The van der Waals surface area contributed by atoms with Gasteiger partial charge in [0.25, 0.3) is 5.91 Å². The maximum Gasteiger partial charge on any atom is 0.257 e. The molecule has 7 nitrogen and oxygen atoms in total. The molecular formula is C20H20Cl3N3O4S. The van der Waals surface area contributed by atoms with Crippen molar-refractivity contribution in [1.82, 2.24) is 4.72 Å². The van der Waals surface area contributed by atoms with Gasteiger partial charge in [0.1, 0.15) is 4.90 Å². The van der Waals surface area contributed by atoms with E-state index in [9.17, 15) is 13.2 Å². The highest BCUT2D eigenvalue weighted by Crippen LogP contribution is 2.32. The molecule has 11 heteroatoms. The summed E-state index contributed by atoms with van der Waals surface area (Å²) < 4.78 is 33.1. The van der Waals surface area contributed by atoms with Crippen LogP contribution >= 0.6 is 34.8 Å². The molecule has 31 heavy (non-hydrogen) atoms. The molecule has 1 amide bonds. The Morgan fingerprint density at radius 2 is 1.71 bits per heavy atom. The molecule has 2 aliphatic rings. The second kappa shape index (κ2) is 9.13. The molecule has 0 radical (unpaired) electrons. The number of nitrogens with zero attached hydrogens (tertiary/aromatic N) is 1. The Morgan fingerprint density at radius 3 is 2.35 bits per heavy atom. The number of anilines is 2. The fourth-order valence-electron chi connectivity index (χ4n) is 3.24. The third-order valence-electron chi connectivity index (χ3n) is 5.01. The number of amides is 1. The van der Waals surface area contributed by atoms with E-state index in [1.54, 1.807) is 12.1 Å². The van der Waals surface area contributed by atoms with Gasteiger partial charge in [-0.15, -0.1) is 0 Å². The van der Waals surface area contributed by atoms with E-state index >= 15 is 0 Å². The lowest BCUT2D eigenvalue weighted by Crippen LogP contribution is -2.36. The minimum atomic E-state index is -3.86. The van der Waals surface area contributed by atoms with E-state index in [1.807, 2.05) is 6.07 Å². The zero-order chi connectivity index (χ0) is 22.2. The Morgan fingerprint density at radius 1 is 1.00 bits per heavy atom. The minimum Gasteiger partial charge on any atom is -0.378 e. The summed E-state index contributed by atoms with van der Waals surface area (Å²) in [5.74, 6) is -0.570. The number of nitrogens with one attached hydrogen (secondary N) is 2. The fraction of sp³-hybridized carbons (Fsp3) is 0.350. The smallest absolute Gasteiger partial charge is 0.257 e. The van der Waals surface area contributed by atoms with Crippen LogP contribution in [0.25, 0.3) is 0 Å². The highest BCUT2D eigenvalue weighted by atomic mass is 35.5. The molecule has 2 aromatic rings. The van der Waals surface area contributed by atoms with E-state index < -0.39 is 15.9 Å². The molecule has 0 bridgehead atoms. The fourth-order valence-corrected chi connectivity index (χ4v) is 5.70. The first-order valence-electron chi connectivity index (χ1n) is 9.69. The standard InChI is InChI=1S/C20H20Cl3N3O4S/c21-15-11-17(23)19(31(28,29)25-12-1-2-12)10-14(15)20(27)24-13-3-4-18(16(22)9-13)26-5-7-30-8-6-26/h3-4,9-12,25H,1-2,5-8H2,(H,24,27). The molecule has 1 saturated heterocycles. The highest BCUT2D eigenvalue weighted by Gasteiger charge is 2.30. The maximum absolute atomic E-state index is 12.8. The lowest BCUT2D eigenvalue weighted by Gasteiger charge is -2.29. The Kier molecular flexibility index (Phi) is 6.67. The average Bonchev–Trinajstić information content (AvgIpc) is 3.51. The van der Waals surface area contributed by atoms with Crippen LogP contribution in [0.2, 0.25) is 15.1 Å². The number of sulfonamides is 1. The van der Waals surface area contributed by atoms with Crippen LogP contribution in [0.4, 0.5) is 11.4 Å². The van der Waals surface area contributed by atoms with Crippen molar-refractivity contribution in [2.24, 2.45) is 0 Å². The second-order valence-electron chi connectivity index (χ2n) is 7.38. The predicted molar refractivity (Wildman–Crippen MR) is 122 cm³/mol. The summed E-state index contributed by atoms with van der Waals surface area (Å²) in [6, 6.07) is 7.54. The monoisotopic (exact) mass is 503 g/mol. The van der Waals surface area contributed by atoms with Crippen molar-refractivity contribution in [3.8, 4) is 0 Å². The summed E-state index contributed by atoms with van der Waals surface area (Å²) in [6.07, 6.45) is 1.55. The molecule has 0 unspecified atom stereocenters. The minimum absolute atomic E-state index is 0.00406. The van der Waals surface area contributed by atoms with Crippen LogP contribution in [0.3, 0.4) is 0 Å². The first kappa shape index (κ1) is 22.6. The molecule has 0 spiro atoms. The predicted octanol–water partition coefficient (Wildman–Crippen LogP) is 4.18. The summed E-state index contributed by atoms with van der Waals surface area (Å²) >= 11 is 18.7. The third-order valence-corrected chi connectivity index (χ3v) is 7.61. The van der Waals surface area contributed by atoms with Crippen LogP contribution in [-0.2, 0) is 14.8 Å². The number of carbonyl (C=O) groups is 1. The molecule has 0 aromatic heterocycles. The number of benzene rings is 2. The van der Waals surface area contributed by atoms with E-state index in [4.69, 9.17) is 39.5 Å². The Balaban J connectivity index is 1.55. The van der Waals surface area contributed by atoms with Gasteiger partial charge < -0.3 is 15.0 Å². The second-order valence-corrected chi connectivity index (χ2v) is 10.3. The van der Waals surface area contributed by atoms with Crippen molar-refractivity contribution in [3.05, 3.63) is 51.0 Å². The molecule has 2 fully saturated rings. The molecule has 4 rings (SSSR count). The van der Waals surface area contributed by atoms with Crippen LogP contribution in [0, 0.1) is 0 Å². The van der Waals surface area contributed by atoms with Crippen LogP contribution in [-0.4, -0.2) is 46.7 Å². The van der Waals surface area contributed by atoms with E-state index in [2.05, 4.69) is 14.9 Å². The third kappa shape index (κ3) is 5.27. The van der Waals surface area contributed by atoms with Crippen molar-refractivity contribution in [2.75, 3.05) is 36.5 Å². The number of rotatable bonds is 6. The Bertz CT molecular complexity index is 1120. The molecule has 1 aliphatic carbocycles. The maximum atomic E-state index is 12.8. The normalized spacial score (nSPS) is 16.9. The van der Waals surface area contributed by atoms with Crippen LogP contribution < -0.4 is 14.9 Å². The van der Waals surface area contributed by atoms with Gasteiger partial charge in [-0.1, -0.05) is 34.8 Å². The van der Waals surface area contributed by atoms with Crippen molar-refractivity contribution in [2.45, 2.75) is 23.8 Å². The molecule has 166 valence electrons. The van der Waals surface area contributed by atoms with Gasteiger partial charge in [0.2, 0.25) is 10.0 Å². The molecule has 2 aromatic carbocycles. The van der Waals surface area contributed by atoms with Crippen molar-refractivity contribution in [1.29, 1.82) is 0 Å². The first-order chi connectivity index (χ1) is 14.7. The summed E-state index contributed by atoms with van der Waals surface area (Å²) in [6.45, 7) is 2.73. The van der Waals surface area contributed by atoms with Gasteiger partial charge in [0.15, 0.2) is 0 Å². The largest absolute Gasteiger partial charge is 0.378 e. The van der Waals surface area contributed by atoms with Gasteiger partial charge in [0.05, 0.1) is 39.5 Å². The average molecular weight is 505 g/mol. The number of hydrogen-bond donors (Lipinski definition) is 2. The van der Waals surface area contributed by atoms with E-state index in [-0.39, 0.29) is 26.5 Å². The molecular weight excluding hydrogens is 485 g/mol. The number of ether oxygens (including phenoxy) is 1. The van der Waals surface area contributed by atoms with Gasteiger partial charge in [-0.25, -0.2) is 13.1 Å². The van der Waals surface area contributed by atoms with Crippen LogP contribution in [0.15, 0.2) is 35.2 Å². The van der Waals surface area contributed by atoms with E-state index in [1.165, 1.54) is 12.1 Å². The van der Waals surface area contributed by atoms with Crippen molar-refractivity contribution >= 4 is 62.1 Å². The Labute approximate surface area is 195 Å². The number of carbonyl (C=O) groups excluding carboxylic acids is 1. The van der Waals surface area contributed by atoms with E-state index in [0.29, 0.717) is 23.9 Å². The highest BCUT2D eigenvalue weighted by molar-refractivity contribution is 7.89. The van der Waals surface area contributed by atoms with Crippen molar-refractivity contribution in [3.63, 3.8) is 0 Å². The van der Waals surface area contributed by atoms with Crippen molar-refractivity contribution < 1.29 is 17.9 Å². The van der Waals surface area contributed by atoms with Crippen LogP contribution in [0.5, 0.6) is 0 Å². The SMILES string of the molecule is O=C(Nc1ccc(N2CCOCC2)c(Cl)c1)c1cc(S(=O)(=O)NC2CC2)c(Cl)cc1Cl. The summed E-state index contributed by atoms with van der Waals surface area (Å²) in [5.41, 5.74) is 1.31. The van der Waals surface area contributed by atoms with Gasteiger partial charge in [0, 0.05) is 24.8 Å². The molecule has 2 N–H and O–H groups in total. The van der Waals surface area contributed by atoms with Gasteiger partial charge in [-0.2, -0.15) is 0 Å². The lowest BCUT2D eigenvalue weighted by molar-refractivity contribution is 0.102. The molecule has 0 atom stereocenters.